The van der Waals surface area contributed by atoms with Gasteiger partial charge in [0.1, 0.15) is 0 Å². The lowest BCUT2D eigenvalue weighted by atomic mass is 9.94. The van der Waals surface area contributed by atoms with Crippen LogP contribution in [-0.2, 0) is 30.7 Å². The lowest BCUT2D eigenvalue weighted by Crippen LogP contribution is -2.38. The predicted octanol–water partition coefficient (Wildman–Crippen LogP) is 3.04. The Balaban J connectivity index is 1.22. The molecule has 2 aliphatic heterocycles. The summed E-state index contributed by atoms with van der Waals surface area (Å²) in [5, 5.41) is 9.52. The number of nitrogens with one attached hydrogen (secondary N) is 2. The van der Waals surface area contributed by atoms with E-state index < -0.39 is 0 Å². The van der Waals surface area contributed by atoms with E-state index in [0.717, 1.165) is 34.5 Å². The first-order valence-corrected chi connectivity index (χ1v) is 12.6. The molecule has 9 heteroatoms. The average Bonchev–Trinajstić information content (AvgIpc) is 3.56. The number of anilines is 1. The van der Waals surface area contributed by atoms with Crippen LogP contribution in [0.5, 0.6) is 0 Å². The van der Waals surface area contributed by atoms with Crippen molar-refractivity contribution in [2.45, 2.75) is 32.9 Å². The molecule has 1 fully saturated rings. The summed E-state index contributed by atoms with van der Waals surface area (Å²) in [5.41, 5.74) is 6.58. The second-order valence-corrected chi connectivity index (χ2v) is 9.59. The predicted molar refractivity (Wildman–Crippen MR) is 134 cm³/mol. The Morgan fingerprint density at radius 3 is 2.71 bits per heavy atom. The first-order chi connectivity index (χ1) is 17.0. The fourth-order valence-corrected chi connectivity index (χ4v) is 5.27. The number of aryl methyl sites for hydroxylation is 1. The fourth-order valence-electron chi connectivity index (χ4n) is 4.63. The Labute approximate surface area is 208 Å². The molecule has 8 nitrogen and oxygen atoms in total. The number of benzene rings is 1. The van der Waals surface area contributed by atoms with Crippen molar-refractivity contribution in [1.82, 2.24) is 20.5 Å². The molecular weight excluding hydrogens is 462 g/mol. The maximum absolute atomic E-state index is 13.0. The minimum absolute atomic E-state index is 0.0650. The Morgan fingerprint density at radius 1 is 1.17 bits per heavy atom. The number of thiophene rings is 1. The van der Waals surface area contributed by atoms with Gasteiger partial charge < -0.3 is 15.5 Å². The number of carbonyl (C=O) groups excluding carboxylic acids is 3. The van der Waals surface area contributed by atoms with Crippen molar-refractivity contribution >= 4 is 34.9 Å². The largest absolute Gasteiger partial charge is 0.348 e. The van der Waals surface area contributed by atoms with E-state index in [4.69, 9.17) is 0 Å². The number of aromatic nitrogens is 1. The summed E-state index contributed by atoms with van der Waals surface area (Å²) in [6, 6.07) is 9.33. The number of rotatable bonds is 6. The number of urea groups is 1. The van der Waals surface area contributed by atoms with Crippen molar-refractivity contribution in [2.24, 2.45) is 0 Å². The van der Waals surface area contributed by atoms with Crippen LogP contribution in [0.25, 0.3) is 0 Å². The summed E-state index contributed by atoms with van der Waals surface area (Å²) in [6.45, 7) is 4.82. The van der Waals surface area contributed by atoms with Crippen molar-refractivity contribution in [3.63, 3.8) is 0 Å². The van der Waals surface area contributed by atoms with Crippen LogP contribution in [0, 0.1) is 6.92 Å². The van der Waals surface area contributed by atoms with Crippen molar-refractivity contribution < 1.29 is 14.4 Å². The zero-order chi connectivity index (χ0) is 24.4. The van der Waals surface area contributed by atoms with Gasteiger partial charge in [-0.15, -0.1) is 0 Å². The van der Waals surface area contributed by atoms with Crippen molar-refractivity contribution in [3.05, 3.63) is 80.8 Å². The van der Waals surface area contributed by atoms with E-state index in [1.807, 2.05) is 59.1 Å². The first-order valence-electron chi connectivity index (χ1n) is 11.7. The molecule has 2 aliphatic rings. The van der Waals surface area contributed by atoms with Gasteiger partial charge in [-0.3, -0.25) is 19.5 Å². The number of amides is 4. The highest BCUT2D eigenvalue weighted by molar-refractivity contribution is 7.08. The van der Waals surface area contributed by atoms with Gasteiger partial charge >= 0.3 is 6.03 Å². The summed E-state index contributed by atoms with van der Waals surface area (Å²) in [4.78, 5) is 45.4. The molecule has 0 unspecified atom stereocenters. The molecule has 4 amide bonds. The first kappa shape index (κ1) is 23.0. The highest BCUT2D eigenvalue weighted by Crippen LogP contribution is 2.25. The summed E-state index contributed by atoms with van der Waals surface area (Å²) >= 11 is 1.50. The third-order valence-electron chi connectivity index (χ3n) is 6.62. The summed E-state index contributed by atoms with van der Waals surface area (Å²) < 4.78 is 0. The van der Waals surface area contributed by atoms with Gasteiger partial charge in [0, 0.05) is 61.2 Å². The molecule has 0 atom stereocenters. The van der Waals surface area contributed by atoms with E-state index in [1.165, 1.54) is 16.9 Å². The smallest absolute Gasteiger partial charge is 0.321 e. The van der Waals surface area contributed by atoms with Crippen LogP contribution < -0.4 is 15.5 Å². The third-order valence-corrected chi connectivity index (χ3v) is 7.30. The molecule has 2 aromatic heterocycles. The standard InChI is InChI=1S/C26H27N5O3S/c1-17-23(14-29-25(33)19-7-11-35-16-19)22-6-9-30(15-20(22)13-28-17)24(32)12-18-2-4-21(5-3-18)31-10-8-27-26(31)34/h2-5,7,11,13,16H,6,8-10,12,14-15H2,1H3,(H,27,34)(H,29,33). The SMILES string of the molecule is Cc1ncc2c(c1CNC(=O)c1ccsc1)CCN(C(=O)Cc1ccc(N3CCNC3=O)cc1)C2. The number of hydrogen-bond acceptors (Lipinski definition) is 5. The molecule has 4 heterocycles. The van der Waals surface area contributed by atoms with E-state index in [-0.39, 0.29) is 17.8 Å². The van der Waals surface area contributed by atoms with Crippen LogP contribution in [0.2, 0.25) is 0 Å². The van der Waals surface area contributed by atoms with Crippen LogP contribution in [0.3, 0.4) is 0 Å². The van der Waals surface area contributed by atoms with Gasteiger partial charge in [-0.1, -0.05) is 12.1 Å². The van der Waals surface area contributed by atoms with Crippen molar-refractivity contribution in [1.29, 1.82) is 0 Å². The second-order valence-electron chi connectivity index (χ2n) is 8.81. The van der Waals surface area contributed by atoms with Crippen LogP contribution in [-0.4, -0.2) is 47.4 Å². The zero-order valence-electron chi connectivity index (χ0n) is 19.5. The molecule has 0 aliphatic carbocycles. The number of pyridine rings is 1. The molecule has 0 bridgehead atoms. The molecule has 0 radical (unpaired) electrons. The van der Waals surface area contributed by atoms with E-state index in [1.54, 1.807) is 4.90 Å². The highest BCUT2D eigenvalue weighted by Gasteiger charge is 2.25. The molecule has 5 rings (SSSR count). The molecule has 0 spiro atoms. The normalized spacial score (nSPS) is 15.1. The van der Waals surface area contributed by atoms with Crippen molar-refractivity contribution in [2.75, 3.05) is 24.5 Å². The van der Waals surface area contributed by atoms with Crippen LogP contribution >= 0.6 is 11.3 Å². The van der Waals surface area contributed by atoms with E-state index in [0.29, 0.717) is 44.7 Å². The van der Waals surface area contributed by atoms with E-state index in [9.17, 15) is 14.4 Å². The zero-order valence-corrected chi connectivity index (χ0v) is 20.4. The number of carbonyl (C=O) groups is 3. The van der Waals surface area contributed by atoms with Gasteiger partial charge in [0.2, 0.25) is 5.91 Å². The summed E-state index contributed by atoms with van der Waals surface area (Å²) in [7, 11) is 0. The molecule has 35 heavy (non-hydrogen) atoms. The second kappa shape index (κ2) is 9.87. The summed E-state index contributed by atoms with van der Waals surface area (Å²) in [6.07, 6.45) is 2.89. The maximum atomic E-state index is 13.0. The number of hydrogen-bond donors (Lipinski definition) is 2. The van der Waals surface area contributed by atoms with Crippen LogP contribution in [0.1, 0.15) is 38.3 Å². The van der Waals surface area contributed by atoms with Gasteiger partial charge in [-0.25, -0.2) is 4.79 Å². The summed E-state index contributed by atoms with van der Waals surface area (Å²) in [5.74, 6) is -0.0255. The Bertz CT molecular complexity index is 1260. The van der Waals surface area contributed by atoms with E-state index >= 15 is 0 Å². The minimum atomic E-state index is -0.0905. The Morgan fingerprint density at radius 2 is 2.00 bits per heavy atom. The quantitative estimate of drug-likeness (QED) is 0.557. The van der Waals surface area contributed by atoms with Gasteiger partial charge in [-0.2, -0.15) is 11.3 Å². The molecule has 1 saturated heterocycles. The van der Waals surface area contributed by atoms with Crippen molar-refractivity contribution in [3.8, 4) is 0 Å². The minimum Gasteiger partial charge on any atom is -0.348 e. The average molecular weight is 490 g/mol. The molecule has 3 aromatic rings. The maximum Gasteiger partial charge on any atom is 0.321 e. The van der Waals surface area contributed by atoms with Crippen LogP contribution in [0.15, 0.2) is 47.3 Å². The third kappa shape index (κ3) is 4.90. The number of nitrogens with zero attached hydrogens (tertiary/aromatic N) is 3. The van der Waals surface area contributed by atoms with Gasteiger partial charge in [0.15, 0.2) is 0 Å². The molecule has 2 N–H and O–H groups in total. The highest BCUT2D eigenvalue weighted by atomic mass is 32.1. The molecule has 180 valence electrons. The molecule has 0 saturated carbocycles. The van der Waals surface area contributed by atoms with E-state index in [2.05, 4.69) is 15.6 Å². The lowest BCUT2D eigenvalue weighted by molar-refractivity contribution is -0.131. The molecule has 1 aromatic carbocycles. The van der Waals surface area contributed by atoms with Gasteiger partial charge in [0.05, 0.1) is 6.42 Å². The van der Waals surface area contributed by atoms with Gasteiger partial charge in [-0.05, 0) is 59.2 Å². The lowest BCUT2D eigenvalue weighted by Gasteiger charge is -2.30. The monoisotopic (exact) mass is 489 g/mol. The van der Waals surface area contributed by atoms with Crippen LogP contribution in [0.4, 0.5) is 10.5 Å². The number of fused-ring (bicyclic) bond motifs is 1. The fraction of sp³-hybridized carbons (Fsp3) is 0.308. The Kier molecular flexibility index (Phi) is 6.50. The molecular formula is C26H27N5O3S. The van der Waals surface area contributed by atoms with Gasteiger partial charge in [0.25, 0.3) is 5.91 Å². The Hall–Kier alpha value is -3.72. The topological polar surface area (TPSA) is 94.6 Å².